The molecule has 0 spiro atoms. The molecular weight excluding hydrogens is 304 g/mol. The lowest BCUT2D eigenvalue weighted by atomic mass is 10.1. The Kier molecular flexibility index (Phi) is 3.37. The number of hydrogen-bond donors (Lipinski definition) is 2. The molecule has 0 saturated heterocycles. The second-order valence-corrected chi connectivity index (χ2v) is 6.26. The van der Waals surface area contributed by atoms with Crippen molar-refractivity contribution in [3.05, 3.63) is 29.4 Å². The Labute approximate surface area is 131 Å². The topological polar surface area (TPSA) is 84.2 Å². The minimum Gasteiger partial charge on any atom is -0.333 e. The fourth-order valence-electron chi connectivity index (χ4n) is 2.10. The Hall–Kier alpha value is -2.41. The summed E-state index contributed by atoms with van der Waals surface area (Å²) in [5, 5.41) is 13.7. The van der Waals surface area contributed by atoms with E-state index in [4.69, 9.17) is 11.6 Å². The summed E-state index contributed by atoms with van der Waals surface area (Å²) in [7, 11) is 0. The van der Waals surface area contributed by atoms with Crippen molar-refractivity contribution in [2.75, 3.05) is 5.32 Å². The molecule has 7 nitrogen and oxygen atoms in total. The summed E-state index contributed by atoms with van der Waals surface area (Å²) in [6.07, 6.45) is 0. The zero-order valence-electron chi connectivity index (χ0n) is 12.4. The number of para-hydroxylation sites is 2. The summed E-state index contributed by atoms with van der Waals surface area (Å²) in [6.45, 7) is 5.68. The van der Waals surface area contributed by atoms with Crippen LogP contribution in [-0.4, -0.2) is 31.2 Å². The number of fused-ring (bicyclic) bond motifs is 3. The number of anilines is 1. The summed E-state index contributed by atoms with van der Waals surface area (Å²) in [4.78, 5) is 16.3. The van der Waals surface area contributed by atoms with Crippen molar-refractivity contribution in [2.24, 2.45) is 0 Å². The lowest BCUT2D eigenvalue weighted by Gasteiger charge is -2.20. The Morgan fingerprint density at radius 1 is 1.23 bits per heavy atom. The molecule has 1 aromatic carbocycles. The highest BCUT2D eigenvalue weighted by Gasteiger charge is 2.18. The predicted molar refractivity (Wildman–Crippen MR) is 85.2 cm³/mol. The van der Waals surface area contributed by atoms with Gasteiger partial charge in [-0.2, -0.15) is 0 Å². The van der Waals surface area contributed by atoms with Gasteiger partial charge in [-0.25, -0.2) is 9.78 Å². The zero-order chi connectivity index (χ0) is 15.9. The first kappa shape index (κ1) is 14.5. The number of carbonyl (C=O) groups is 1. The molecule has 8 heteroatoms. The van der Waals surface area contributed by atoms with Crippen LogP contribution in [0, 0.1) is 0 Å². The van der Waals surface area contributed by atoms with Gasteiger partial charge in [0.1, 0.15) is 0 Å². The highest BCUT2D eigenvalue weighted by Crippen LogP contribution is 2.23. The van der Waals surface area contributed by atoms with Crippen LogP contribution in [0.3, 0.4) is 0 Å². The molecule has 0 atom stereocenters. The standard InChI is InChI=1S/C14H15ClN6O/c1-14(2,3)18-13(22)17-12-20-19-11-10(15)16-8-6-4-5-7-9(8)21(11)12/h4-7H,1-3H3,(H2,17,18,20,22). The molecule has 0 aliphatic rings. The van der Waals surface area contributed by atoms with E-state index in [1.807, 2.05) is 45.0 Å². The Bertz CT molecular complexity index is 867. The van der Waals surface area contributed by atoms with Gasteiger partial charge in [-0.15, -0.1) is 10.2 Å². The molecule has 0 aliphatic heterocycles. The lowest BCUT2D eigenvalue weighted by molar-refractivity contribution is 0.243. The number of hydrogen-bond acceptors (Lipinski definition) is 4. The van der Waals surface area contributed by atoms with Crippen LogP contribution in [0.15, 0.2) is 24.3 Å². The molecule has 0 aliphatic carbocycles. The number of nitrogens with zero attached hydrogens (tertiary/aromatic N) is 4. The maximum atomic E-state index is 12.0. The first-order valence-electron chi connectivity index (χ1n) is 6.74. The van der Waals surface area contributed by atoms with Gasteiger partial charge in [0.2, 0.25) is 11.6 Å². The largest absolute Gasteiger partial charge is 0.333 e. The van der Waals surface area contributed by atoms with Crippen LogP contribution < -0.4 is 10.6 Å². The molecule has 0 bridgehead atoms. The molecule has 3 aromatic rings. The van der Waals surface area contributed by atoms with Crippen molar-refractivity contribution < 1.29 is 4.79 Å². The summed E-state index contributed by atoms with van der Waals surface area (Å²) in [5.41, 5.74) is 1.50. The molecule has 114 valence electrons. The van der Waals surface area contributed by atoms with Crippen LogP contribution in [0.2, 0.25) is 5.15 Å². The number of nitrogens with one attached hydrogen (secondary N) is 2. The van der Waals surface area contributed by atoms with Crippen LogP contribution in [0.5, 0.6) is 0 Å². The molecular formula is C14H15ClN6O. The normalized spacial score (nSPS) is 11.8. The average molecular weight is 319 g/mol. The fraction of sp³-hybridized carbons (Fsp3) is 0.286. The molecule has 0 fully saturated rings. The smallest absolute Gasteiger partial charge is 0.322 e. The molecule has 0 saturated carbocycles. The average Bonchev–Trinajstić information content (AvgIpc) is 2.81. The summed E-state index contributed by atoms with van der Waals surface area (Å²) in [6, 6.07) is 7.07. The molecule has 0 unspecified atom stereocenters. The lowest BCUT2D eigenvalue weighted by Crippen LogP contribution is -2.43. The van der Waals surface area contributed by atoms with Gasteiger partial charge in [-0.3, -0.25) is 9.72 Å². The number of urea groups is 1. The molecule has 2 heterocycles. The first-order chi connectivity index (χ1) is 10.3. The van der Waals surface area contributed by atoms with E-state index in [2.05, 4.69) is 25.8 Å². The zero-order valence-corrected chi connectivity index (χ0v) is 13.1. The third-order valence-corrected chi connectivity index (χ3v) is 3.16. The maximum Gasteiger partial charge on any atom is 0.322 e. The van der Waals surface area contributed by atoms with Crippen molar-refractivity contribution >= 4 is 40.3 Å². The van der Waals surface area contributed by atoms with Crippen LogP contribution in [0.1, 0.15) is 20.8 Å². The van der Waals surface area contributed by atoms with Crippen molar-refractivity contribution in [1.82, 2.24) is 24.9 Å². The third kappa shape index (κ3) is 2.67. The van der Waals surface area contributed by atoms with Crippen molar-refractivity contribution in [3.63, 3.8) is 0 Å². The fourth-order valence-corrected chi connectivity index (χ4v) is 2.32. The highest BCUT2D eigenvalue weighted by atomic mass is 35.5. The van der Waals surface area contributed by atoms with E-state index in [-0.39, 0.29) is 22.7 Å². The number of benzene rings is 1. The summed E-state index contributed by atoms with van der Waals surface area (Å²) < 4.78 is 1.67. The van der Waals surface area contributed by atoms with Gasteiger partial charge in [0.15, 0.2) is 5.15 Å². The van der Waals surface area contributed by atoms with Gasteiger partial charge in [-0.1, -0.05) is 23.7 Å². The van der Waals surface area contributed by atoms with E-state index < -0.39 is 0 Å². The Morgan fingerprint density at radius 3 is 2.68 bits per heavy atom. The molecule has 22 heavy (non-hydrogen) atoms. The van der Waals surface area contributed by atoms with Crippen molar-refractivity contribution in [2.45, 2.75) is 26.3 Å². The molecule has 2 amide bonds. The number of aromatic nitrogens is 4. The number of rotatable bonds is 1. The summed E-state index contributed by atoms with van der Waals surface area (Å²) in [5.74, 6) is 0.289. The number of halogens is 1. The summed E-state index contributed by atoms with van der Waals surface area (Å²) >= 11 is 6.13. The number of amides is 2. The van der Waals surface area contributed by atoms with Gasteiger partial charge in [-0.05, 0) is 32.9 Å². The van der Waals surface area contributed by atoms with Gasteiger partial charge in [0.25, 0.3) is 0 Å². The van der Waals surface area contributed by atoms with Crippen LogP contribution in [0.25, 0.3) is 16.7 Å². The van der Waals surface area contributed by atoms with Crippen LogP contribution in [0.4, 0.5) is 10.7 Å². The van der Waals surface area contributed by atoms with Gasteiger partial charge in [0.05, 0.1) is 11.0 Å². The molecule has 0 radical (unpaired) electrons. The molecule has 3 rings (SSSR count). The first-order valence-corrected chi connectivity index (χ1v) is 7.11. The van der Waals surface area contributed by atoms with Crippen molar-refractivity contribution in [3.8, 4) is 0 Å². The van der Waals surface area contributed by atoms with Gasteiger partial charge in [0, 0.05) is 5.54 Å². The Balaban J connectivity index is 2.09. The van der Waals surface area contributed by atoms with Crippen LogP contribution in [-0.2, 0) is 0 Å². The van der Waals surface area contributed by atoms with Crippen molar-refractivity contribution in [1.29, 1.82) is 0 Å². The minimum atomic E-state index is -0.362. The van der Waals surface area contributed by atoms with Gasteiger partial charge >= 0.3 is 6.03 Å². The molecule has 2 aromatic heterocycles. The van der Waals surface area contributed by atoms with E-state index in [0.717, 1.165) is 5.52 Å². The van der Waals surface area contributed by atoms with Gasteiger partial charge < -0.3 is 5.32 Å². The minimum absolute atomic E-state index is 0.232. The van der Waals surface area contributed by atoms with E-state index >= 15 is 0 Å². The van der Waals surface area contributed by atoms with E-state index in [1.165, 1.54) is 0 Å². The quantitative estimate of drug-likeness (QED) is 0.722. The predicted octanol–water partition coefficient (Wildman–Crippen LogP) is 2.85. The Morgan fingerprint density at radius 2 is 1.95 bits per heavy atom. The SMILES string of the molecule is CC(C)(C)NC(=O)Nc1nnc2c(Cl)nc3ccccc3n12. The van der Waals surface area contributed by atoms with E-state index in [0.29, 0.717) is 11.2 Å². The second-order valence-electron chi connectivity index (χ2n) is 5.90. The maximum absolute atomic E-state index is 12.0. The monoisotopic (exact) mass is 318 g/mol. The third-order valence-electron chi connectivity index (χ3n) is 2.90. The van der Waals surface area contributed by atoms with E-state index in [9.17, 15) is 4.79 Å². The van der Waals surface area contributed by atoms with Crippen LogP contribution >= 0.6 is 11.6 Å². The second kappa shape index (κ2) is 5.10. The highest BCUT2D eigenvalue weighted by molar-refractivity contribution is 6.32. The molecule has 2 N–H and O–H groups in total. The number of carbonyl (C=O) groups excluding carboxylic acids is 1. The van der Waals surface area contributed by atoms with E-state index in [1.54, 1.807) is 4.40 Å².